The van der Waals surface area contributed by atoms with Crippen molar-refractivity contribution in [3.05, 3.63) is 0 Å². The molecule has 0 aliphatic heterocycles. The van der Waals surface area contributed by atoms with Crippen LogP contribution >= 0.6 is 0 Å². The summed E-state index contributed by atoms with van der Waals surface area (Å²) in [5.41, 5.74) is 0. The van der Waals surface area contributed by atoms with Crippen LogP contribution in [-0.2, 0) is 20.4 Å². The Morgan fingerprint density at radius 3 is 2.47 bits per heavy atom. The van der Waals surface area contributed by atoms with Crippen LogP contribution in [0.3, 0.4) is 0 Å². The summed E-state index contributed by atoms with van der Waals surface area (Å²) in [6.07, 6.45) is 2.12. The minimum absolute atomic E-state index is 0.00150. The van der Waals surface area contributed by atoms with Gasteiger partial charge in [-0.25, -0.2) is 0 Å². The Bertz CT molecular complexity index is 254. The van der Waals surface area contributed by atoms with Gasteiger partial charge >= 0.3 is 5.97 Å². The summed E-state index contributed by atoms with van der Waals surface area (Å²) >= 11 is 0. The van der Waals surface area contributed by atoms with Gasteiger partial charge in [-0.05, 0) is 13.3 Å². The van der Waals surface area contributed by atoms with Crippen molar-refractivity contribution in [2.45, 2.75) is 32.2 Å². The zero-order valence-electron chi connectivity index (χ0n) is 8.99. The number of aliphatic carboxylic acids is 1. The van der Waals surface area contributed by atoms with Crippen LogP contribution in [-0.4, -0.2) is 39.2 Å². The van der Waals surface area contributed by atoms with Crippen LogP contribution in [0.1, 0.15) is 26.2 Å². The fourth-order valence-corrected chi connectivity index (χ4v) is 1.93. The zero-order chi connectivity index (χ0) is 11.8. The van der Waals surface area contributed by atoms with Gasteiger partial charge in [0.15, 0.2) is 0 Å². The summed E-state index contributed by atoms with van der Waals surface area (Å²) in [6, 6.07) is -0.131. The number of hydrogen-bond donors (Lipinski definition) is 2. The van der Waals surface area contributed by atoms with Crippen molar-refractivity contribution >= 4 is 22.7 Å². The Morgan fingerprint density at radius 2 is 2.00 bits per heavy atom. The number of nitrogens with one attached hydrogen (secondary N) is 1. The van der Waals surface area contributed by atoms with Crippen LogP contribution in [0.4, 0.5) is 0 Å². The number of hydrogen-bond acceptors (Lipinski definition) is 3. The van der Waals surface area contributed by atoms with Gasteiger partial charge in [0.05, 0.1) is 0 Å². The van der Waals surface area contributed by atoms with Crippen molar-refractivity contribution in [1.29, 1.82) is 0 Å². The van der Waals surface area contributed by atoms with Gasteiger partial charge in [0.2, 0.25) is 5.91 Å². The Kier molecular flexibility index (Phi) is 6.94. The molecule has 5 nitrogen and oxygen atoms in total. The molecule has 0 aromatic rings. The molecule has 0 aliphatic carbocycles. The molecule has 0 heterocycles. The molecule has 0 rings (SSSR count). The lowest BCUT2D eigenvalue weighted by Crippen LogP contribution is -2.36. The molecule has 2 N–H and O–H groups in total. The SMILES string of the molecule is CC(CS(C)=O)NC(=O)CCCC(=O)O. The molecule has 0 aromatic carbocycles. The van der Waals surface area contributed by atoms with Gasteiger partial charge in [-0.1, -0.05) is 0 Å². The molecular weight excluding hydrogens is 218 g/mol. The Morgan fingerprint density at radius 1 is 1.40 bits per heavy atom. The highest BCUT2D eigenvalue weighted by Gasteiger charge is 2.09. The van der Waals surface area contributed by atoms with E-state index in [0.29, 0.717) is 12.2 Å². The molecule has 6 heteroatoms. The zero-order valence-corrected chi connectivity index (χ0v) is 9.80. The first-order chi connectivity index (χ1) is 6.91. The third-order valence-corrected chi connectivity index (χ3v) is 2.66. The minimum atomic E-state index is -0.934. The molecule has 2 unspecified atom stereocenters. The molecule has 0 fully saturated rings. The number of amides is 1. The molecule has 0 saturated carbocycles. The Hall–Kier alpha value is -0.910. The quantitative estimate of drug-likeness (QED) is 0.656. The summed E-state index contributed by atoms with van der Waals surface area (Å²) in [5.74, 6) is -0.662. The van der Waals surface area contributed by atoms with E-state index in [4.69, 9.17) is 5.11 Å². The highest BCUT2D eigenvalue weighted by molar-refractivity contribution is 7.84. The van der Waals surface area contributed by atoms with Gasteiger partial charge < -0.3 is 10.4 Å². The first kappa shape index (κ1) is 14.1. The van der Waals surface area contributed by atoms with Crippen molar-refractivity contribution in [3.8, 4) is 0 Å². The molecule has 0 spiro atoms. The highest BCUT2D eigenvalue weighted by Crippen LogP contribution is 1.96. The number of rotatable bonds is 7. The molecule has 88 valence electrons. The first-order valence-electron chi connectivity index (χ1n) is 4.73. The predicted molar refractivity (Wildman–Crippen MR) is 58.0 cm³/mol. The smallest absolute Gasteiger partial charge is 0.303 e. The second-order valence-corrected chi connectivity index (χ2v) is 4.94. The molecule has 0 radical (unpaired) electrons. The van der Waals surface area contributed by atoms with Crippen LogP contribution in [0, 0.1) is 0 Å². The summed E-state index contributed by atoms with van der Waals surface area (Å²) in [5, 5.41) is 11.0. The standard InChI is InChI=1S/C9H17NO4S/c1-7(6-15(2)14)10-8(11)4-3-5-9(12)13/h7H,3-6H2,1-2H3,(H,10,11)(H,12,13). The number of carboxylic acids is 1. The van der Waals surface area contributed by atoms with Crippen molar-refractivity contribution in [3.63, 3.8) is 0 Å². The monoisotopic (exact) mass is 235 g/mol. The third-order valence-electron chi connectivity index (χ3n) is 1.69. The second kappa shape index (κ2) is 7.39. The maximum absolute atomic E-state index is 11.2. The topological polar surface area (TPSA) is 83.5 Å². The second-order valence-electron chi connectivity index (χ2n) is 3.46. The minimum Gasteiger partial charge on any atom is -0.481 e. The van der Waals surface area contributed by atoms with Crippen LogP contribution in [0.5, 0.6) is 0 Å². The Balaban J connectivity index is 3.64. The molecule has 0 bridgehead atoms. The van der Waals surface area contributed by atoms with Gasteiger partial charge in [0, 0.05) is 41.7 Å². The molecule has 0 aliphatic rings. The van der Waals surface area contributed by atoms with Gasteiger partial charge in [0.25, 0.3) is 0 Å². The average Bonchev–Trinajstić information content (AvgIpc) is 2.00. The normalized spacial score (nSPS) is 14.3. The van der Waals surface area contributed by atoms with Crippen LogP contribution in [0.2, 0.25) is 0 Å². The Labute approximate surface area is 91.7 Å². The van der Waals surface area contributed by atoms with E-state index in [2.05, 4.69) is 5.32 Å². The van der Waals surface area contributed by atoms with Crippen molar-refractivity contribution in [2.24, 2.45) is 0 Å². The fourth-order valence-electron chi connectivity index (χ4n) is 1.14. The van der Waals surface area contributed by atoms with E-state index < -0.39 is 16.8 Å². The van der Waals surface area contributed by atoms with E-state index in [1.165, 1.54) is 0 Å². The molecule has 1 amide bonds. The summed E-state index contributed by atoms with van der Waals surface area (Å²) in [4.78, 5) is 21.4. The molecule has 0 saturated heterocycles. The van der Waals surface area contributed by atoms with Crippen molar-refractivity contribution in [2.75, 3.05) is 12.0 Å². The van der Waals surface area contributed by atoms with E-state index in [0.717, 1.165) is 0 Å². The molecule has 15 heavy (non-hydrogen) atoms. The lowest BCUT2D eigenvalue weighted by atomic mass is 10.2. The van der Waals surface area contributed by atoms with Crippen molar-refractivity contribution < 1.29 is 18.9 Å². The molecular formula is C9H17NO4S. The largest absolute Gasteiger partial charge is 0.481 e. The van der Waals surface area contributed by atoms with Gasteiger partial charge in [-0.3, -0.25) is 13.8 Å². The maximum atomic E-state index is 11.2. The molecule has 0 aromatic heterocycles. The number of carbonyl (C=O) groups is 2. The third kappa shape index (κ3) is 9.40. The number of carboxylic acid groups (broad SMARTS) is 1. The van der Waals surface area contributed by atoms with E-state index in [9.17, 15) is 13.8 Å². The fraction of sp³-hybridized carbons (Fsp3) is 0.778. The van der Waals surface area contributed by atoms with Gasteiger partial charge in [-0.15, -0.1) is 0 Å². The van der Waals surface area contributed by atoms with E-state index >= 15 is 0 Å². The van der Waals surface area contributed by atoms with E-state index in [-0.39, 0.29) is 24.8 Å². The van der Waals surface area contributed by atoms with Crippen LogP contribution in [0.25, 0.3) is 0 Å². The maximum Gasteiger partial charge on any atom is 0.303 e. The number of carbonyl (C=O) groups excluding carboxylic acids is 1. The van der Waals surface area contributed by atoms with Gasteiger partial charge in [0.1, 0.15) is 0 Å². The highest BCUT2D eigenvalue weighted by atomic mass is 32.2. The predicted octanol–water partition coefficient (Wildman–Crippen LogP) is 0.124. The summed E-state index contributed by atoms with van der Waals surface area (Å²) in [7, 11) is -0.934. The first-order valence-corrected chi connectivity index (χ1v) is 6.45. The lowest BCUT2D eigenvalue weighted by Gasteiger charge is -2.11. The summed E-state index contributed by atoms with van der Waals surface area (Å²) < 4.78 is 10.8. The van der Waals surface area contributed by atoms with Crippen molar-refractivity contribution in [1.82, 2.24) is 5.32 Å². The summed E-state index contributed by atoms with van der Waals surface area (Å²) in [6.45, 7) is 1.77. The average molecular weight is 235 g/mol. The van der Waals surface area contributed by atoms with E-state index in [1.54, 1.807) is 13.2 Å². The molecule has 2 atom stereocenters. The van der Waals surface area contributed by atoms with Crippen LogP contribution < -0.4 is 5.32 Å². The van der Waals surface area contributed by atoms with E-state index in [1.807, 2.05) is 0 Å². The van der Waals surface area contributed by atoms with Crippen LogP contribution in [0.15, 0.2) is 0 Å². The van der Waals surface area contributed by atoms with Gasteiger partial charge in [-0.2, -0.15) is 0 Å². The lowest BCUT2D eigenvalue weighted by molar-refractivity contribution is -0.137.